The number of piperidine rings is 1. The van der Waals surface area contributed by atoms with E-state index in [4.69, 9.17) is 9.29 Å². The average Bonchev–Trinajstić information content (AvgIpc) is 2.28. The van der Waals surface area contributed by atoms with Crippen LogP contribution in [-0.2, 0) is 14.3 Å². The second-order valence-corrected chi connectivity index (χ2v) is 6.36. The Balaban J connectivity index is 2.81. The third kappa shape index (κ3) is 4.61. The number of nitrogens with zero attached hydrogens (tertiary/aromatic N) is 1. The summed E-state index contributed by atoms with van der Waals surface area (Å²) >= 11 is 0. The van der Waals surface area contributed by atoms with Crippen LogP contribution in [0.4, 0.5) is 9.18 Å². The largest absolute Gasteiger partial charge is 0.465 e. The lowest BCUT2D eigenvalue weighted by atomic mass is 9.93. The quantitative estimate of drug-likeness (QED) is 0.779. The highest BCUT2D eigenvalue weighted by atomic mass is 32.2. The highest BCUT2D eigenvalue weighted by Gasteiger charge is 2.42. The fourth-order valence-corrected chi connectivity index (χ4v) is 2.95. The van der Waals surface area contributed by atoms with Crippen LogP contribution in [0, 0.1) is 0 Å². The van der Waals surface area contributed by atoms with E-state index in [9.17, 15) is 17.6 Å². The minimum atomic E-state index is -3.74. The number of rotatable bonds is 5. The first kappa shape index (κ1) is 16.2. The molecule has 1 aliphatic heterocycles. The van der Waals surface area contributed by atoms with E-state index in [2.05, 4.69) is 0 Å². The molecule has 3 unspecified atom stereocenters. The monoisotopic (exact) mass is 297 g/mol. The predicted octanol–water partition coefficient (Wildman–Crippen LogP) is 1.61. The SMILES string of the molecule is CCCCC1C(F)C(OS(C)(=O)=O)CCN1C(=O)O. The minimum absolute atomic E-state index is 0.0448. The lowest BCUT2D eigenvalue weighted by Crippen LogP contribution is -2.55. The van der Waals surface area contributed by atoms with Gasteiger partial charge in [-0.25, -0.2) is 9.18 Å². The normalized spacial score (nSPS) is 28.4. The first-order valence-corrected chi connectivity index (χ1v) is 8.09. The van der Waals surface area contributed by atoms with Crippen molar-refractivity contribution in [3.8, 4) is 0 Å². The van der Waals surface area contributed by atoms with Gasteiger partial charge >= 0.3 is 6.09 Å². The molecule has 3 atom stereocenters. The summed E-state index contributed by atoms with van der Waals surface area (Å²) in [6.07, 6.45) is -1.12. The van der Waals surface area contributed by atoms with Gasteiger partial charge in [-0.05, 0) is 12.8 Å². The summed E-state index contributed by atoms with van der Waals surface area (Å²) < 4.78 is 41.1. The number of carbonyl (C=O) groups is 1. The van der Waals surface area contributed by atoms with Gasteiger partial charge < -0.3 is 10.0 Å². The fraction of sp³-hybridized carbons (Fsp3) is 0.909. The highest BCUT2D eigenvalue weighted by Crippen LogP contribution is 2.27. The second-order valence-electron chi connectivity index (χ2n) is 4.76. The van der Waals surface area contributed by atoms with Crippen LogP contribution >= 0.6 is 0 Å². The average molecular weight is 297 g/mol. The summed E-state index contributed by atoms with van der Waals surface area (Å²) in [4.78, 5) is 12.1. The maximum absolute atomic E-state index is 14.3. The molecule has 0 bridgehead atoms. The molecule has 19 heavy (non-hydrogen) atoms. The molecule has 1 heterocycles. The summed E-state index contributed by atoms with van der Waals surface area (Å²) in [5.74, 6) is 0. The van der Waals surface area contributed by atoms with E-state index in [-0.39, 0.29) is 13.0 Å². The molecular formula is C11H20FNO5S. The smallest absolute Gasteiger partial charge is 0.407 e. The van der Waals surface area contributed by atoms with Crippen LogP contribution in [0.5, 0.6) is 0 Å². The molecule has 1 fully saturated rings. The van der Waals surface area contributed by atoms with Crippen LogP contribution in [-0.4, -0.2) is 55.6 Å². The number of hydrogen-bond donors (Lipinski definition) is 1. The lowest BCUT2D eigenvalue weighted by molar-refractivity contribution is -0.0145. The van der Waals surface area contributed by atoms with Gasteiger partial charge in [0.15, 0.2) is 0 Å². The molecule has 8 heteroatoms. The molecule has 0 aromatic rings. The fourth-order valence-electron chi connectivity index (χ4n) is 2.30. The Kier molecular flexibility index (Phi) is 5.54. The molecule has 0 aromatic carbocycles. The highest BCUT2D eigenvalue weighted by molar-refractivity contribution is 7.86. The zero-order chi connectivity index (χ0) is 14.6. The number of carboxylic acid groups (broad SMARTS) is 1. The first-order valence-electron chi connectivity index (χ1n) is 6.28. The minimum Gasteiger partial charge on any atom is -0.465 e. The number of unbranched alkanes of at least 4 members (excludes halogenated alkanes) is 1. The summed E-state index contributed by atoms with van der Waals surface area (Å²) in [5.41, 5.74) is 0. The molecule has 1 rings (SSSR count). The maximum Gasteiger partial charge on any atom is 0.407 e. The number of halogens is 1. The van der Waals surface area contributed by atoms with Crippen LogP contribution < -0.4 is 0 Å². The van der Waals surface area contributed by atoms with Crippen LogP contribution in [0.2, 0.25) is 0 Å². The third-order valence-corrected chi connectivity index (χ3v) is 3.77. The van der Waals surface area contributed by atoms with E-state index >= 15 is 0 Å². The van der Waals surface area contributed by atoms with Gasteiger partial charge in [-0.1, -0.05) is 19.8 Å². The van der Waals surface area contributed by atoms with Gasteiger partial charge in [-0.2, -0.15) is 8.42 Å². The molecule has 0 radical (unpaired) electrons. The van der Waals surface area contributed by atoms with Crippen molar-refractivity contribution in [1.82, 2.24) is 4.90 Å². The van der Waals surface area contributed by atoms with Crippen molar-refractivity contribution in [3.05, 3.63) is 0 Å². The van der Waals surface area contributed by atoms with Gasteiger partial charge in [0.25, 0.3) is 10.1 Å². The molecule has 0 aromatic heterocycles. The molecule has 1 amide bonds. The number of amides is 1. The van der Waals surface area contributed by atoms with Gasteiger partial charge in [0.1, 0.15) is 12.3 Å². The third-order valence-electron chi connectivity index (χ3n) is 3.18. The maximum atomic E-state index is 14.3. The molecule has 1 N–H and O–H groups in total. The van der Waals surface area contributed by atoms with Crippen molar-refractivity contribution in [2.75, 3.05) is 12.8 Å². The molecule has 0 saturated carbocycles. The van der Waals surface area contributed by atoms with E-state index in [0.29, 0.717) is 12.8 Å². The standard InChI is InChI=1S/C11H20FNO5S/c1-3-4-5-8-10(12)9(18-19(2,16)17)6-7-13(8)11(14)15/h8-10H,3-7H2,1-2H3,(H,14,15). The van der Waals surface area contributed by atoms with Crippen LogP contribution in [0.3, 0.4) is 0 Å². The Hall–Kier alpha value is -0.890. The van der Waals surface area contributed by atoms with Crippen molar-refractivity contribution in [3.63, 3.8) is 0 Å². The predicted molar refractivity (Wildman–Crippen MR) is 67.3 cm³/mol. The van der Waals surface area contributed by atoms with Gasteiger partial charge in [-0.3, -0.25) is 4.18 Å². The van der Waals surface area contributed by atoms with E-state index in [0.717, 1.165) is 17.6 Å². The van der Waals surface area contributed by atoms with Gasteiger partial charge in [-0.15, -0.1) is 0 Å². The summed E-state index contributed by atoms with van der Waals surface area (Å²) in [5, 5.41) is 9.04. The lowest BCUT2D eigenvalue weighted by Gasteiger charge is -2.39. The Bertz CT molecular complexity index is 413. The zero-order valence-electron chi connectivity index (χ0n) is 11.1. The second kappa shape index (κ2) is 6.51. The molecule has 0 aliphatic carbocycles. The van der Waals surface area contributed by atoms with Crippen LogP contribution in [0.15, 0.2) is 0 Å². The van der Waals surface area contributed by atoms with Gasteiger partial charge in [0.05, 0.1) is 12.3 Å². The Labute approximate surface area is 112 Å². The van der Waals surface area contributed by atoms with Crippen LogP contribution in [0.1, 0.15) is 32.6 Å². The number of alkyl halides is 1. The summed E-state index contributed by atoms with van der Waals surface area (Å²) in [6, 6.07) is -0.835. The van der Waals surface area contributed by atoms with Crippen molar-refractivity contribution < 1.29 is 26.9 Å². The Morgan fingerprint density at radius 2 is 2.16 bits per heavy atom. The van der Waals surface area contributed by atoms with Crippen molar-refractivity contribution in [2.45, 2.75) is 50.9 Å². The first-order chi connectivity index (χ1) is 8.76. The molecular weight excluding hydrogens is 277 g/mol. The number of hydrogen-bond acceptors (Lipinski definition) is 4. The van der Waals surface area contributed by atoms with Gasteiger partial charge in [0, 0.05) is 6.54 Å². The van der Waals surface area contributed by atoms with E-state index in [1.54, 1.807) is 0 Å². The molecule has 1 aliphatic rings. The zero-order valence-corrected chi connectivity index (χ0v) is 11.9. The molecule has 0 spiro atoms. The van der Waals surface area contributed by atoms with Crippen molar-refractivity contribution >= 4 is 16.2 Å². The number of likely N-dealkylation sites (tertiary alicyclic amines) is 1. The van der Waals surface area contributed by atoms with Crippen LogP contribution in [0.25, 0.3) is 0 Å². The van der Waals surface area contributed by atoms with Crippen molar-refractivity contribution in [1.29, 1.82) is 0 Å². The van der Waals surface area contributed by atoms with E-state index < -0.39 is 34.5 Å². The summed E-state index contributed by atoms with van der Waals surface area (Å²) in [7, 11) is -3.74. The Morgan fingerprint density at radius 1 is 1.53 bits per heavy atom. The molecule has 1 saturated heterocycles. The topological polar surface area (TPSA) is 83.9 Å². The molecule has 112 valence electrons. The summed E-state index contributed by atoms with van der Waals surface area (Å²) in [6.45, 7) is 2.01. The molecule has 6 nitrogen and oxygen atoms in total. The Morgan fingerprint density at radius 3 is 2.63 bits per heavy atom. The van der Waals surface area contributed by atoms with E-state index in [1.165, 1.54) is 0 Å². The van der Waals surface area contributed by atoms with Gasteiger partial charge in [0.2, 0.25) is 0 Å². The van der Waals surface area contributed by atoms with E-state index in [1.807, 2.05) is 6.92 Å². The van der Waals surface area contributed by atoms with Crippen molar-refractivity contribution in [2.24, 2.45) is 0 Å².